The third-order valence-corrected chi connectivity index (χ3v) is 9.52. The van der Waals surface area contributed by atoms with Crippen LogP contribution in [0.2, 0.25) is 0 Å². The van der Waals surface area contributed by atoms with E-state index in [1.54, 1.807) is 0 Å². The fourth-order valence-electron chi connectivity index (χ4n) is 8.05. The Bertz CT molecular complexity index is 793. The number of carbonyl (C=O) groups excluding carboxylic acids is 2. The van der Waals surface area contributed by atoms with Gasteiger partial charge in [0.05, 0.1) is 0 Å². The van der Waals surface area contributed by atoms with Gasteiger partial charge in [-0.1, -0.05) is 31.6 Å². The molecule has 1 aliphatic heterocycles. The van der Waals surface area contributed by atoms with Crippen LogP contribution in [0.4, 0.5) is 0 Å². The van der Waals surface area contributed by atoms with Crippen LogP contribution in [-0.2, 0) is 14.3 Å². The summed E-state index contributed by atoms with van der Waals surface area (Å²) < 4.78 is 6.01. The Hall–Kier alpha value is -1.38. The van der Waals surface area contributed by atoms with Crippen LogP contribution in [0.5, 0.6) is 0 Å². The largest absolute Gasteiger partial charge is 0.458 e. The van der Waals surface area contributed by atoms with Gasteiger partial charge in [0.2, 0.25) is 0 Å². The van der Waals surface area contributed by atoms with Crippen molar-refractivity contribution in [1.82, 2.24) is 0 Å². The first-order valence-electron chi connectivity index (χ1n) is 10.5. The standard InChI is InChI=1S/C23H28O3/c1-21-7-3-13(24)11-18(21)14-12-15(14)20-16(21)4-8-22(2)17(20)5-9-23(22)10-6-19(25)26-23/h4,8,11,14-17,20H,3,5-7,9-10,12H2,1-2H3/t14?,15?,16?,17?,20?,21?,22?,23-/m1/s1. The van der Waals surface area contributed by atoms with E-state index in [0.717, 1.165) is 25.2 Å². The lowest BCUT2D eigenvalue weighted by atomic mass is 9.49. The van der Waals surface area contributed by atoms with E-state index in [4.69, 9.17) is 4.74 Å². The van der Waals surface area contributed by atoms with Crippen LogP contribution in [0, 0.1) is 40.4 Å². The molecule has 0 radical (unpaired) electrons. The Morgan fingerprint density at radius 1 is 1.12 bits per heavy atom. The molecule has 26 heavy (non-hydrogen) atoms. The molecular formula is C23H28O3. The molecular weight excluding hydrogens is 324 g/mol. The van der Waals surface area contributed by atoms with Crippen molar-refractivity contribution >= 4 is 11.8 Å². The minimum absolute atomic E-state index is 0.00156. The first-order valence-corrected chi connectivity index (χ1v) is 10.5. The molecule has 0 aromatic rings. The molecule has 0 aromatic heterocycles. The molecule has 7 unspecified atom stereocenters. The third-order valence-electron chi connectivity index (χ3n) is 9.52. The van der Waals surface area contributed by atoms with Gasteiger partial charge in [0.25, 0.3) is 0 Å². The molecule has 0 aromatic carbocycles. The minimum Gasteiger partial charge on any atom is -0.458 e. The van der Waals surface area contributed by atoms with Gasteiger partial charge in [0.1, 0.15) is 5.60 Å². The first kappa shape index (κ1) is 15.7. The topological polar surface area (TPSA) is 43.4 Å². The molecule has 0 bridgehead atoms. The monoisotopic (exact) mass is 352 g/mol. The highest BCUT2D eigenvalue weighted by molar-refractivity contribution is 5.92. The van der Waals surface area contributed by atoms with Gasteiger partial charge in [0, 0.05) is 18.3 Å². The molecule has 0 amide bonds. The summed E-state index contributed by atoms with van der Waals surface area (Å²) >= 11 is 0. The van der Waals surface area contributed by atoms with Crippen LogP contribution in [0.3, 0.4) is 0 Å². The molecule has 8 atom stereocenters. The average Bonchev–Trinajstić information content (AvgIpc) is 3.23. The van der Waals surface area contributed by atoms with Crippen LogP contribution in [0.15, 0.2) is 23.8 Å². The van der Waals surface area contributed by atoms with Crippen molar-refractivity contribution in [2.45, 2.75) is 64.4 Å². The summed E-state index contributed by atoms with van der Waals surface area (Å²) in [5.74, 6) is 3.59. The number of rotatable bonds is 0. The van der Waals surface area contributed by atoms with Gasteiger partial charge in [-0.25, -0.2) is 0 Å². The second-order valence-electron chi connectivity index (χ2n) is 10.3. The van der Waals surface area contributed by atoms with E-state index in [2.05, 4.69) is 26.0 Å². The molecule has 138 valence electrons. The predicted molar refractivity (Wildman–Crippen MR) is 97.0 cm³/mol. The highest BCUT2D eigenvalue weighted by Gasteiger charge is 2.70. The van der Waals surface area contributed by atoms with Crippen molar-refractivity contribution in [2.24, 2.45) is 40.4 Å². The third kappa shape index (κ3) is 1.63. The number of hydrogen-bond donors (Lipinski definition) is 0. The number of esters is 1. The average molecular weight is 352 g/mol. The lowest BCUT2D eigenvalue weighted by Gasteiger charge is -2.56. The molecule has 5 aliphatic carbocycles. The zero-order chi connectivity index (χ0) is 17.9. The molecule has 4 fully saturated rings. The van der Waals surface area contributed by atoms with Gasteiger partial charge in [-0.3, -0.25) is 9.59 Å². The predicted octanol–water partition coefficient (Wildman–Crippen LogP) is 4.23. The molecule has 3 nitrogen and oxygen atoms in total. The molecule has 1 heterocycles. The highest BCUT2D eigenvalue weighted by atomic mass is 16.6. The highest BCUT2D eigenvalue weighted by Crippen LogP contribution is 2.74. The van der Waals surface area contributed by atoms with E-state index in [9.17, 15) is 9.59 Å². The van der Waals surface area contributed by atoms with E-state index in [0.29, 0.717) is 42.3 Å². The Labute approximate surface area is 155 Å². The zero-order valence-corrected chi connectivity index (χ0v) is 15.8. The summed E-state index contributed by atoms with van der Waals surface area (Å²) in [4.78, 5) is 24.0. The summed E-state index contributed by atoms with van der Waals surface area (Å²) in [7, 11) is 0. The van der Waals surface area contributed by atoms with E-state index in [1.807, 2.05) is 6.08 Å². The molecule has 6 rings (SSSR count). The SMILES string of the molecule is CC12CCC(=O)C=C1C1CC1C1C2C=CC2(C)C1CC[C@@]21CCC(=O)O1. The van der Waals surface area contributed by atoms with E-state index in [-0.39, 0.29) is 22.4 Å². The molecule has 1 spiro atoms. The fourth-order valence-corrected chi connectivity index (χ4v) is 8.05. The lowest BCUT2D eigenvalue weighted by molar-refractivity contribution is -0.157. The summed E-state index contributed by atoms with van der Waals surface area (Å²) in [5, 5.41) is 0. The van der Waals surface area contributed by atoms with Gasteiger partial charge < -0.3 is 4.74 Å². The molecule has 1 saturated heterocycles. The molecule has 3 heteroatoms. The Morgan fingerprint density at radius 2 is 1.96 bits per heavy atom. The normalized spacial score (nSPS) is 56.4. The van der Waals surface area contributed by atoms with Crippen LogP contribution >= 0.6 is 0 Å². The minimum atomic E-state index is -0.250. The van der Waals surface area contributed by atoms with Gasteiger partial charge in [-0.15, -0.1) is 0 Å². The number of ketones is 1. The molecule has 3 saturated carbocycles. The fraction of sp³-hybridized carbons (Fsp3) is 0.739. The zero-order valence-electron chi connectivity index (χ0n) is 15.8. The van der Waals surface area contributed by atoms with Crippen molar-refractivity contribution in [3.8, 4) is 0 Å². The number of ether oxygens (including phenoxy) is 1. The number of allylic oxidation sites excluding steroid dienone is 3. The quantitative estimate of drug-likeness (QED) is 0.484. The number of fused-ring (bicyclic) bond motifs is 9. The second kappa shape index (κ2) is 4.54. The van der Waals surface area contributed by atoms with Crippen LogP contribution in [-0.4, -0.2) is 17.4 Å². The second-order valence-corrected chi connectivity index (χ2v) is 10.3. The number of carbonyl (C=O) groups is 2. The maximum Gasteiger partial charge on any atom is 0.306 e. The van der Waals surface area contributed by atoms with Crippen molar-refractivity contribution in [1.29, 1.82) is 0 Å². The Balaban J connectivity index is 1.46. The summed E-state index contributed by atoms with van der Waals surface area (Å²) in [5.41, 5.74) is 1.37. The van der Waals surface area contributed by atoms with Crippen LogP contribution < -0.4 is 0 Å². The maximum atomic E-state index is 12.1. The van der Waals surface area contributed by atoms with Gasteiger partial charge in [-0.2, -0.15) is 0 Å². The van der Waals surface area contributed by atoms with Gasteiger partial charge in [-0.05, 0) is 73.2 Å². The van der Waals surface area contributed by atoms with Gasteiger partial charge >= 0.3 is 5.97 Å². The van der Waals surface area contributed by atoms with Crippen molar-refractivity contribution in [3.05, 3.63) is 23.8 Å². The summed E-state index contributed by atoms with van der Waals surface area (Å²) in [6.45, 7) is 4.79. The van der Waals surface area contributed by atoms with E-state index < -0.39 is 0 Å². The lowest BCUT2D eigenvalue weighted by Crippen LogP contribution is -2.53. The van der Waals surface area contributed by atoms with Gasteiger partial charge in [0.15, 0.2) is 5.78 Å². The van der Waals surface area contributed by atoms with Crippen molar-refractivity contribution in [3.63, 3.8) is 0 Å². The van der Waals surface area contributed by atoms with Crippen molar-refractivity contribution < 1.29 is 14.3 Å². The Kier molecular flexibility index (Phi) is 2.73. The smallest absolute Gasteiger partial charge is 0.306 e. The Morgan fingerprint density at radius 3 is 2.73 bits per heavy atom. The van der Waals surface area contributed by atoms with E-state index in [1.165, 1.54) is 18.4 Å². The maximum absolute atomic E-state index is 12.1. The summed E-state index contributed by atoms with van der Waals surface area (Å²) in [6.07, 6.45) is 13.6. The van der Waals surface area contributed by atoms with Crippen LogP contribution in [0.25, 0.3) is 0 Å². The first-order chi connectivity index (χ1) is 12.4. The number of hydrogen-bond acceptors (Lipinski definition) is 3. The summed E-state index contributed by atoms with van der Waals surface area (Å²) in [6, 6.07) is 0. The molecule has 6 aliphatic rings. The van der Waals surface area contributed by atoms with E-state index >= 15 is 0 Å². The van der Waals surface area contributed by atoms with Crippen LogP contribution in [0.1, 0.15) is 58.8 Å². The molecule has 0 N–H and O–H groups in total. The van der Waals surface area contributed by atoms with Crippen molar-refractivity contribution in [2.75, 3.05) is 0 Å².